The first-order valence-electron chi connectivity index (χ1n) is 9.75. The number of carbonyl (C=O) groups excluding carboxylic acids is 1. The topological polar surface area (TPSA) is 92.2 Å². The van der Waals surface area contributed by atoms with Gasteiger partial charge in [0.15, 0.2) is 0 Å². The van der Waals surface area contributed by atoms with Gasteiger partial charge in [-0.3, -0.25) is 14.5 Å². The van der Waals surface area contributed by atoms with Crippen LogP contribution in [0.4, 0.5) is 0 Å². The van der Waals surface area contributed by atoms with Crippen LogP contribution in [0.2, 0.25) is 0 Å². The van der Waals surface area contributed by atoms with Gasteiger partial charge in [0.05, 0.1) is 19.4 Å². The average Bonchev–Trinajstić information content (AvgIpc) is 3.04. The Morgan fingerprint density at radius 1 is 1.18 bits per heavy atom. The maximum atomic E-state index is 12.3. The predicted octanol–water partition coefficient (Wildman–Crippen LogP) is 1.11. The summed E-state index contributed by atoms with van der Waals surface area (Å²) < 4.78 is 7.32. The van der Waals surface area contributed by atoms with E-state index in [4.69, 9.17) is 4.74 Å². The van der Waals surface area contributed by atoms with Crippen LogP contribution in [0.1, 0.15) is 12.8 Å². The summed E-state index contributed by atoms with van der Waals surface area (Å²) in [5.74, 6) is 0.0459. The van der Waals surface area contributed by atoms with Gasteiger partial charge >= 0.3 is 0 Å². The van der Waals surface area contributed by atoms with Gasteiger partial charge < -0.3 is 14.6 Å². The van der Waals surface area contributed by atoms with Crippen LogP contribution in [-0.4, -0.2) is 65.0 Å². The second-order valence-corrected chi connectivity index (χ2v) is 7.04. The quantitative estimate of drug-likeness (QED) is 0.638. The van der Waals surface area contributed by atoms with Gasteiger partial charge in [0.25, 0.3) is 5.56 Å². The minimum atomic E-state index is -0.205. The maximum Gasteiger partial charge on any atom is 0.288 e. The van der Waals surface area contributed by atoms with Crippen molar-refractivity contribution in [2.75, 3.05) is 39.4 Å². The molecule has 3 aromatic rings. The molecule has 28 heavy (non-hydrogen) atoms. The van der Waals surface area contributed by atoms with Crippen LogP contribution in [0, 0.1) is 0 Å². The van der Waals surface area contributed by atoms with Crippen molar-refractivity contribution in [2.24, 2.45) is 0 Å². The largest absolute Gasteiger partial charge is 0.379 e. The third-order valence-corrected chi connectivity index (χ3v) is 5.22. The molecule has 0 unspecified atom stereocenters. The zero-order valence-corrected chi connectivity index (χ0v) is 15.8. The van der Waals surface area contributed by atoms with Crippen molar-refractivity contribution < 1.29 is 9.53 Å². The first-order valence-corrected chi connectivity index (χ1v) is 9.75. The summed E-state index contributed by atoms with van der Waals surface area (Å²) in [6.45, 7) is 5.49. The molecule has 2 N–H and O–H groups in total. The molecule has 1 aliphatic rings. The summed E-state index contributed by atoms with van der Waals surface area (Å²) in [5, 5.41) is 11.3. The van der Waals surface area contributed by atoms with Crippen molar-refractivity contribution in [2.45, 2.75) is 19.4 Å². The minimum absolute atomic E-state index is 0.0459. The molecule has 0 radical (unpaired) electrons. The van der Waals surface area contributed by atoms with E-state index in [-0.39, 0.29) is 11.5 Å². The first-order chi connectivity index (χ1) is 13.7. The fourth-order valence-electron chi connectivity index (χ4n) is 3.81. The SMILES string of the molecule is O=C(CCCn1c2ccccc2c2cn[nH]c(=O)c21)NCCN1CCOCC1. The third kappa shape index (κ3) is 3.93. The molecule has 0 atom stereocenters. The van der Waals surface area contributed by atoms with Gasteiger partial charge in [0, 0.05) is 55.4 Å². The number of para-hydroxylation sites is 1. The van der Waals surface area contributed by atoms with Crippen molar-refractivity contribution in [1.82, 2.24) is 25.0 Å². The van der Waals surface area contributed by atoms with E-state index in [1.165, 1.54) is 0 Å². The van der Waals surface area contributed by atoms with Crippen molar-refractivity contribution >= 4 is 27.7 Å². The number of hydrogen-bond donors (Lipinski definition) is 2. The van der Waals surface area contributed by atoms with Gasteiger partial charge in [0.2, 0.25) is 5.91 Å². The predicted molar refractivity (Wildman–Crippen MR) is 107 cm³/mol. The van der Waals surface area contributed by atoms with Crippen LogP contribution in [0.25, 0.3) is 21.8 Å². The number of H-pyrrole nitrogens is 1. The Balaban J connectivity index is 1.36. The molecule has 0 spiro atoms. The normalized spacial score (nSPS) is 15.3. The van der Waals surface area contributed by atoms with Gasteiger partial charge in [-0.2, -0.15) is 5.10 Å². The van der Waals surface area contributed by atoms with Crippen LogP contribution in [-0.2, 0) is 16.1 Å². The van der Waals surface area contributed by atoms with Crippen LogP contribution in [0.15, 0.2) is 35.3 Å². The van der Waals surface area contributed by atoms with Crippen molar-refractivity contribution in [3.8, 4) is 0 Å². The van der Waals surface area contributed by atoms with Gasteiger partial charge in [-0.15, -0.1) is 0 Å². The number of amides is 1. The Labute approximate surface area is 162 Å². The average molecular weight is 383 g/mol. The highest BCUT2D eigenvalue weighted by Crippen LogP contribution is 2.26. The Bertz CT molecular complexity index is 1020. The molecule has 0 bridgehead atoms. The molecule has 3 heterocycles. The second kappa shape index (κ2) is 8.53. The van der Waals surface area contributed by atoms with Crippen LogP contribution >= 0.6 is 0 Å². The first kappa shape index (κ1) is 18.6. The zero-order chi connectivity index (χ0) is 19.3. The Morgan fingerprint density at radius 3 is 2.86 bits per heavy atom. The smallest absolute Gasteiger partial charge is 0.288 e. The number of hydrogen-bond acceptors (Lipinski definition) is 5. The number of nitrogens with zero attached hydrogens (tertiary/aromatic N) is 3. The fraction of sp³-hybridized carbons (Fsp3) is 0.450. The Kier molecular flexibility index (Phi) is 5.68. The summed E-state index contributed by atoms with van der Waals surface area (Å²) in [7, 11) is 0. The monoisotopic (exact) mass is 383 g/mol. The Hall–Kier alpha value is -2.71. The molecule has 0 aliphatic carbocycles. The molecule has 4 rings (SSSR count). The van der Waals surface area contributed by atoms with E-state index in [2.05, 4.69) is 20.4 Å². The fourth-order valence-corrected chi connectivity index (χ4v) is 3.81. The molecule has 1 aromatic carbocycles. The van der Waals surface area contributed by atoms with Crippen LogP contribution < -0.4 is 10.9 Å². The number of ether oxygens (including phenoxy) is 1. The molecular formula is C20H25N5O3. The lowest BCUT2D eigenvalue weighted by Gasteiger charge is -2.26. The van der Waals surface area contributed by atoms with E-state index in [9.17, 15) is 9.59 Å². The van der Waals surface area contributed by atoms with E-state index in [0.29, 0.717) is 31.4 Å². The highest BCUT2D eigenvalue weighted by molar-refractivity contribution is 6.07. The summed E-state index contributed by atoms with van der Waals surface area (Å²) in [5.41, 5.74) is 1.40. The summed E-state index contributed by atoms with van der Waals surface area (Å²) in [4.78, 5) is 26.8. The molecule has 8 nitrogen and oxygen atoms in total. The van der Waals surface area contributed by atoms with E-state index < -0.39 is 0 Å². The number of benzene rings is 1. The van der Waals surface area contributed by atoms with Gasteiger partial charge in [-0.25, -0.2) is 5.10 Å². The lowest BCUT2D eigenvalue weighted by molar-refractivity contribution is -0.121. The van der Waals surface area contributed by atoms with Crippen molar-refractivity contribution in [3.63, 3.8) is 0 Å². The standard InChI is InChI=1S/C20H25N5O3/c26-18(21-7-9-24-10-12-28-13-11-24)6-3-8-25-17-5-2-1-4-15(17)16-14-22-23-20(27)19(16)25/h1-2,4-5,14H,3,6-13H2,(H,21,26)(H,23,27). The molecule has 1 amide bonds. The van der Waals surface area contributed by atoms with Gasteiger partial charge in [-0.05, 0) is 12.5 Å². The minimum Gasteiger partial charge on any atom is -0.379 e. The molecular weight excluding hydrogens is 358 g/mol. The van der Waals surface area contributed by atoms with E-state index in [0.717, 1.165) is 49.1 Å². The molecule has 148 valence electrons. The Morgan fingerprint density at radius 2 is 2.00 bits per heavy atom. The number of fused-ring (bicyclic) bond motifs is 3. The van der Waals surface area contributed by atoms with Crippen LogP contribution in [0.3, 0.4) is 0 Å². The number of carbonyl (C=O) groups is 1. The van der Waals surface area contributed by atoms with E-state index in [1.807, 2.05) is 28.8 Å². The summed E-state index contributed by atoms with van der Waals surface area (Å²) >= 11 is 0. The number of nitrogens with one attached hydrogen (secondary N) is 2. The molecule has 2 aromatic heterocycles. The van der Waals surface area contributed by atoms with Crippen molar-refractivity contribution in [1.29, 1.82) is 0 Å². The summed E-state index contributed by atoms with van der Waals surface area (Å²) in [6.07, 6.45) is 2.78. The van der Waals surface area contributed by atoms with Crippen molar-refractivity contribution in [3.05, 3.63) is 40.8 Å². The lowest BCUT2D eigenvalue weighted by Crippen LogP contribution is -2.41. The van der Waals surface area contributed by atoms with Crippen LogP contribution in [0.5, 0.6) is 0 Å². The highest BCUT2D eigenvalue weighted by Gasteiger charge is 2.14. The number of aromatic amines is 1. The zero-order valence-electron chi connectivity index (χ0n) is 15.8. The molecule has 1 saturated heterocycles. The molecule has 8 heteroatoms. The van der Waals surface area contributed by atoms with E-state index >= 15 is 0 Å². The molecule has 1 fully saturated rings. The summed E-state index contributed by atoms with van der Waals surface area (Å²) in [6, 6.07) is 7.90. The number of aryl methyl sites for hydroxylation is 1. The second-order valence-electron chi connectivity index (χ2n) is 7.04. The highest BCUT2D eigenvalue weighted by atomic mass is 16.5. The third-order valence-electron chi connectivity index (χ3n) is 5.22. The molecule has 0 saturated carbocycles. The maximum absolute atomic E-state index is 12.3. The number of morpholine rings is 1. The number of aromatic nitrogens is 3. The number of rotatable bonds is 7. The van der Waals surface area contributed by atoms with E-state index in [1.54, 1.807) is 6.20 Å². The van der Waals surface area contributed by atoms with Gasteiger partial charge in [0.1, 0.15) is 5.52 Å². The lowest BCUT2D eigenvalue weighted by atomic mass is 10.2. The molecule has 1 aliphatic heterocycles. The van der Waals surface area contributed by atoms with Gasteiger partial charge in [-0.1, -0.05) is 18.2 Å².